The van der Waals surface area contributed by atoms with Gasteiger partial charge in [0.1, 0.15) is 11.3 Å². The fraction of sp³-hybridized carbons (Fsp3) is 0.333. The second-order valence-electron chi connectivity index (χ2n) is 4.75. The van der Waals surface area contributed by atoms with E-state index in [0.29, 0.717) is 0 Å². The number of carboxylic acid groups (broad SMARTS) is 1. The lowest BCUT2D eigenvalue weighted by Crippen LogP contribution is -2.07. The van der Waals surface area contributed by atoms with Crippen molar-refractivity contribution in [2.45, 2.75) is 32.7 Å². The molecule has 6 heteroatoms. The second kappa shape index (κ2) is 6.03. The number of hydrogen-bond acceptors (Lipinski definition) is 2. The third-order valence-corrected chi connectivity index (χ3v) is 3.49. The summed E-state index contributed by atoms with van der Waals surface area (Å²) in [6.07, 6.45) is 2.91. The predicted molar refractivity (Wildman–Crippen MR) is 74.2 cm³/mol. The maximum atomic E-state index is 13.9. The van der Waals surface area contributed by atoms with Gasteiger partial charge in [-0.1, -0.05) is 19.9 Å². The first kappa shape index (κ1) is 15.2. The molecule has 0 unspecified atom stereocenters. The van der Waals surface area contributed by atoms with E-state index in [1.165, 1.54) is 23.0 Å². The molecule has 1 aromatic carbocycles. The maximum absolute atomic E-state index is 13.9. The van der Waals surface area contributed by atoms with Crippen molar-refractivity contribution in [3.63, 3.8) is 0 Å². The zero-order chi connectivity index (χ0) is 15.6. The number of carboxylic acids is 1. The number of carbonyl (C=O) groups is 1. The largest absolute Gasteiger partial charge is 0.478 e. The normalized spacial score (nSPS) is 11.1. The van der Waals surface area contributed by atoms with Crippen molar-refractivity contribution < 1.29 is 18.7 Å². The fourth-order valence-corrected chi connectivity index (χ4v) is 2.28. The minimum Gasteiger partial charge on any atom is -0.478 e. The first-order valence-electron chi connectivity index (χ1n) is 6.76. The Hall–Kier alpha value is -2.24. The number of rotatable bonds is 5. The van der Waals surface area contributed by atoms with E-state index >= 15 is 0 Å². The van der Waals surface area contributed by atoms with Gasteiger partial charge in [-0.25, -0.2) is 13.6 Å². The summed E-state index contributed by atoms with van der Waals surface area (Å²) in [7, 11) is 0. The molecule has 0 bridgehead atoms. The van der Waals surface area contributed by atoms with Crippen LogP contribution in [0.15, 0.2) is 24.4 Å². The molecule has 0 radical (unpaired) electrons. The Labute approximate surface area is 121 Å². The van der Waals surface area contributed by atoms with Crippen LogP contribution in [-0.4, -0.2) is 20.9 Å². The molecular weight excluding hydrogens is 278 g/mol. The van der Waals surface area contributed by atoms with E-state index in [0.717, 1.165) is 18.9 Å². The zero-order valence-corrected chi connectivity index (χ0v) is 11.8. The third-order valence-electron chi connectivity index (χ3n) is 3.49. The lowest BCUT2D eigenvalue weighted by Gasteiger charge is -2.12. The molecular formula is C15H16F2N2O2. The lowest BCUT2D eigenvalue weighted by molar-refractivity contribution is 0.0697. The van der Waals surface area contributed by atoms with E-state index in [1.54, 1.807) is 0 Å². The molecule has 0 spiro atoms. The van der Waals surface area contributed by atoms with Gasteiger partial charge in [0.2, 0.25) is 0 Å². The quantitative estimate of drug-likeness (QED) is 0.910. The van der Waals surface area contributed by atoms with Crippen LogP contribution >= 0.6 is 0 Å². The molecule has 1 aromatic heterocycles. The van der Waals surface area contributed by atoms with E-state index in [-0.39, 0.29) is 22.9 Å². The molecule has 4 nitrogen and oxygen atoms in total. The fourth-order valence-electron chi connectivity index (χ4n) is 2.28. The van der Waals surface area contributed by atoms with Gasteiger partial charge in [-0.05, 0) is 25.0 Å². The van der Waals surface area contributed by atoms with Crippen molar-refractivity contribution >= 4 is 5.97 Å². The number of benzene rings is 1. The Balaban J connectivity index is 2.62. The Bertz CT molecular complexity index is 664. The highest BCUT2D eigenvalue weighted by Crippen LogP contribution is 2.28. The van der Waals surface area contributed by atoms with Gasteiger partial charge >= 0.3 is 5.97 Å². The highest BCUT2D eigenvalue weighted by atomic mass is 19.2. The standard InChI is InChI=1S/C15H16F2N2O2/c1-3-9(4-2)19-8-11(15(20)21)14(18-19)10-6-5-7-12(16)13(10)17/h5-9H,3-4H2,1-2H3,(H,20,21). The summed E-state index contributed by atoms with van der Waals surface area (Å²) in [5.41, 5.74) is -0.324. The first-order valence-corrected chi connectivity index (χ1v) is 6.76. The first-order chi connectivity index (χ1) is 9.99. The van der Waals surface area contributed by atoms with Gasteiger partial charge in [0.05, 0.1) is 6.04 Å². The van der Waals surface area contributed by atoms with E-state index in [1.807, 2.05) is 13.8 Å². The summed E-state index contributed by atoms with van der Waals surface area (Å²) >= 11 is 0. The Morgan fingerprint density at radius 1 is 1.33 bits per heavy atom. The predicted octanol–water partition coefficient (Wildman–Crippen LogP) is 3.89. The Morgan fingerprint density at radius 3 is 2.57 bits per heavy atom. The van der Waals surface area contributed by atoms with Gasteiger partial charge in [0, 0.05) is 11.8 Å². The van der Waals surface area contributed by atoms with E-state index in [9.17, 15) is 18.7 Å². The molecule has 112 valence electrons. The van der Waals surface area contributed by atoms with Crippen molar-refractivity contribution in [1.29, 1.82) is 0 Å². The van der Waals surface area contributed by atoms with Gasteiger partial charge in [0.15, 0.2) is 11.6 Å². The molecule has 0 aliphatic heterocycles. The Morgan fingerprint density at radius 2 is 2.00 bits per heavy atom. The van der Waals surface area contributed by atoms with Crippen LogP contribution in [0, 0.1) is 11.6 Å². The highest BCUT2D eigenvalue weighted by Gasteiger charge is 2.22. The summed E-state index contributed by atoms with van der Waals surface area (Å²) in [5.74, 6) is -3.33. The van der Waals surface area contributed by atoms with E-state index < -0.39 is 17.6 Å². The number of aromatic nitrogens is 2. The van der Waals surface area contributed by atoms with Crippen molar-refractivity contribution in [2.75, 3.05) is 0 Å². The molecule has 0 amide bonds. The second-order valence-corrected chi connectivity index (χ2v) is 4.75. The van der Waals surface area contributed by atoms with Crippen LogP contribution in [0.25, 0.3) is 11.3 Å². The van der Waals surface area contributed by atoms with Gasteiger partial charge in [0.25, 0.3) is 0 Å². The molecule has 0 saturated heterocycles. The zero-order valence-electron chi connectivity index (χ0n) is 11.8. The van der Waals surface area contributed by atoms with Crippen molar-refractivity contribution in [3.05, 3.63) is 41.6 Å². The topological polar surface area (TPSA) is 55.1 Å². The van der Waals surface area contributed by atoms with Gasteiger partial charge in [-0.2, -0.15) is 5.10 Å². The van der Waals surface area contributed by atoms with E-state index in [2.05, 4.69) is 5.10 Å². The maximum Gasteiger partial charge on any atom is 0.339 e. The summed E-state index contributed by atoms with van der Waals surface area (Å²) in [6, 6.07) is 3.66. The van der Waals surface area contributed by atoms with Crippen molar-refractivity contribution in [1.82, 2.24) is 9.78 Å². The number of halogens is 2. The minimum atomic E-state index is -1.22. The van der Waals surface area contributed by atoms with Crippen LogP contribution in [-0.2, 0) is 0 Å². The highest BCUT2D eigenvalue weighted by molar-refractivity contribution is 5.94. The smallest absolute Gasteiger partial charge is 0.339 e. The molecule has 2 aromatic rings. The molecule has 2 rings (SSSR count). The van der Waals surface area contributed by atoms with Gasteiger partial charge < -0.3 is 5.11 Å². The molecule has 21 heavy (non-hydrogen) atoms. The Kier molecular flexibility index (Phi) is 4.35. The van der Waals surface area contributed by atoms with E-state index in [4.69, 9.17) is 0 Å². The van der Waals surface area contributed by atoms with Gasteiger partial charge in [-0.15, -0.1) is 0 Å². The summed E-state index contributed by atoms with van der Waals surface area (Å²) in [6.45, 7) is 3.91. The third kappa shape index (κ3) is 2.79. The van der Waals surface area contributed by atoms with Crippen LogP contribution in [0.4, 0.5) is 8.78 Å². The molecule has 0 aliphatic carbocycles. The average molecular weight is 294 g/mol. The van der Waals surface area contributed by atoms with Crippen molar-refractivity contribution in [2.24, 2.45) is 0 Å². The van der Waals surface area contributed by atoms with Gasteiger partial charge in [-0.3, -0.25) is 4.68 Å². The van der Waals surface area contributed by atoms with Crippen LogP contribution in [0.2, 0.25) is 0 Å². The molecule has 0 fully saturated rings. The molecule has 0 saturated carbocycles. The van der Waals surface area contributed by atoms with Crippen LogP contribution < -0.4 is 0 Å². The summed E-state index contributed by atoms with van der Waals surface area (Å²) < 4.78 is 28.7. The number of nitrogens with zero attached hydrogens (tertiary/aromatic N) is 2. The van der Waals surface area contributed by atoms with Crippen LogP contribution in [0.5, 0.6) is 0 Å². The SMILES string of the molecule is CCC(CC)n1cc(C(=O)O)c(-c2cccc(F)c2F)n1. The molecule has 0 atom stereocenters. The number of hydrogen-bond donors (Lipinski definition) is 1. The number of aromatic carboxylic acids is 1. The molecule has 1 heterocycles. The van der Waals surface area contributed by atoms with Crippen molar-refractivity contribution in [3.8, 4) is 11.3 Å². The lowest BCUT2D eigenvalue weighted by atomic mass is 10.1. The summed E-state index contributed by atoms with van der Waals surface area (Å²) in [5, 5.41) is 13.4. The average Bonchev–Trinajstić information content (AvgIpc) is 2.88. The minimum absolute atomic E-state index is 0.0217. The molecule has 0 aliphatic rings. The van der Waals surface area contributed by atoms with Crippen LogP contribution in [0.1, 0.15) is 43.1 Å². The summed E-state index contributed by atoms with van der Waals surface area (Å²) in [4.78, 5) is 11.3. The van der Waals surface area contributed by atoms with Crippen LogP contribution in [0.3, 0.4) is 0 Å². The monoisotopic (exact) mass is 294 g/mol. The molecule has 1 N–H and O–H groups in total.